The molecule has 1 atom stereocenters. The van der Waals surface area contributed by atoms with E-state index in [4.69, 9.17) is 4.74 Å². The first kappa shape index (κ1) is 17.0. The summed E-state index contributed by atoms with van der Waals surface area (Å²) >= 11 is 0. The van der Waals surface area contributed by atoms with Gasteiger partial charge in [0.15, 0.2) is 0 Å². The largest absolute Gasteiger partial charge is 0.494 e. The third kappa shape index (κ3) is 3.65. The molecule has 0 saturated carbocycles. The fourth-order valence-corrected chi connectivity index (χ4v) is 3.16. The van der Waals surface area contributed by atoms with E-state index in [0.29, 0.717) is 19.6 Å². The van der Waals surface area contributed by atoms with Gasteiger partial charge in [0.2, 0.25) is 11.8 Å². The highest BCUT2D eigenvalue weighted by atomic mass is 16.5. The van der Waals surface area contributed by atoms with Crippen LogP contribution in [0.2, 0.25) is 0 Å². The minimum absolute atomic E-state index is 0.119. The maximum atomic E-state index is 12.6. The number of benzene rings is 2. The molecule has 5 nitrogen and oxygen atoms in total. The number of ether oxygens (including phenoxy) is 1. The van der Waals surface area contributed by atoms with Crippen molar-refractivity contribution >= 4 is 17.5 Å². The van der Waals surface area contributed by atoms with Gasteiger partial charge in [-0.3, -0.25) is 14.5 Å². The molecule has 2 aromatic rings. The fraction of sp³-hybridized carbons (Fsp3) is 0.300. The predicted octanol–water partition coefficient (Wildman–Crippen LogP) is 2.68. The molecule has 0 radical (unpaired) electrons. The van der Waals surface area contributed by atoms with Crippen LogP contribution in [0.15, 0.2) is 48.5 Å². The molecule has 1 heterocycles. The summed E-state index contributed by atoms with van der Waals surface area (Å²) in [4.78, 5) is 26.3. The van der Waals surface area contributed by atoms with E-state index >= 15 is 0 Å². The highest BCUT2D eigenvalue weighted by molar-refractivity contribution is 6.02. The Kier molecular flexibility index (Phi) is 5.03. The van der Waals surface area contributed by atoms with Gasteiger partial charge in [-0.15, -0.1) is 0 Å². The van der Waals surface area contributed by atoms with E-state index in [-0.39, 0.29) is 11.8 Å². The van der Waals surface area contributed by atoms with Crippen LogP contribution in [-0.2, 0) is 22.6 Å². The number of hydrogen-bond donors (Lipinski definition) is 1. The van der Waals surface area contributed by atoms with Gasteiger partial charge in [0.05, 0.1) is 6.61 Å². The zero-order valence-electron chi connectivity index (χ0n) is 14.5. The Labute approximate surface area is 147 Å². The Morgan fingerprint density at radius 1 is 1.16 bits per heavy atom. The summed E-state index contributed by atoms with van der Waals surface area (Å²) < 4.78 is 5.41. The van der Waals surface area contributed by atoms with Crippen molar-refractivity contribution < 1.29 is 14.3 Å². The van der Waals surface area contributed by atoms with Crippen molar-refractivity contribution in [3.8, 4) is 5.75 Å². The molecule has 0 aromatic heterocycles. The van der Waals surface area contributed by atoms with Crippen molar-refractivity contribution in [2.75, 3.05) is 11.5 Å². The van der Waals surface area contributed by atoms with Crippen molar-refractivity contribution in [2.24, 2.45) is 0 Å². The molecule has 5 heteroatoms. The van der Waals surface area contributed by atoms with Crippen LogP contribution in [0.3, 0.4) is 0 Å². The van der Waals surface area contributed by atoms with Crippen LogP contribution in [0.4, 0.5) is 5.69 Å². The molecule has 130 valence electrons. The number of hydrogen-bond acceptors (Lipinski definition) is 3. The quantitative estimate of drug-likeness (QED) is 0.912. The lowest BCUT2D eigenvalue weighted by molar-refractivity contribution is -0.125. The molecule has 0 saturated heterocycles. The third-order valence-corrected chi connectivity index (χ3v) is 4.32. The smallest absolute Gasteiger partial charge is 0.243 e. The number of nitrogens with one attached hydrogen (secondary N) is 1. The number of fused-ring (bicyclic) bond motifs is 1. The fourth-order valence-electron chi connectivity index (χ4n) is 3.16. The van der Waals surface area contributed by atoms with Crippen LogP contribution in [0.25, 0.3) is 0 Å². The number of carbonyl (C=O) groups is 2. The summed E-state index contributed by atoms with van der Waals surface area (Å²) in [5.41, 5.74) is 2.84. The third-order valence-electron chi connectivity index (χ3n) is 4.32. The van der Waals surface area contributed by atoms with Crippen LogP contribution in [0.1, 0.15) is 25.0 Å². The number of nitrogens with zero attached hydrogens (tertiary/aromatic N) is 1. The number of para-hydroxylation sites is 1. The van der Waals surface area contributed by atoms with Gasteiger partial charge < -0.3 is 10.1 Å². The van der Waals surface area contributed by atoms with Crippen LogP contribution in [0.5, 0.6) is 5.75 Å². The predicted molar refractivity (Wildman–Crippen MR) is 96.6 cm³/mol. The minimum atomic E-state index is -0.488. The first-order chi connectivity index (χ1) is 12.1. The van der Waals surface area contributed by atoms with Gasteiger partial charge in [0.25, 0.3) is 0 Å². The second kappa shape index (κ2) is 7.38. The number of amides is 2. The van der Waals surface area contributed by atoms with E-state index in [1.165, 1.54) is 6.92 Å². The van der Waals surface area contributed by atoms with Gasteiger partial charge in [-0.25, -0.2) is 0 Å². The van der Waals surface area contributed by atoms with E-state index in [1.54, 1.807) is 4.90 Å². The first-order valence-electron chi connectivity index (χ1n) is 8.47. The summed E-state index contributed by atoms with van der Waals surface area (Å²) in [5.74, 6) is 0.554. The Balaban J connectivity index is 1.66. The highest BCUT2D eigenvalue weighted by Gasteiger charge is 2.36. The van der Waals surface area contributed by atoms with Gasteiger partial charge in [0.1, 0.15) is 11.8 Å². The monoisotopic (exact) mass is 338 g/mol. The lowest BCUT2D eigenvalue weighted by atomic mass is 10.1. The molecule has 2 amide bonds. The van der Waals surface area contributed by atoms with Crippen LogP contribution >= 0.6 is 0 Å². The van der Waals surface area contributed by atoms with Gasteiger partial charge >= 0.3 is 0 Å². The second-order valence-electron chi connectivity index (χ2n) is 6.03. The van der Waals surface area contributed by atoms with Crippen molar-refractivity contribution in [3.63, 3.8) is 0 Å². The van der Waals surface area contributed by atoms with E-state index in [9.17, 15) is 9.59 Å². The summed E-state index contributed by atoms with van der Waals surface area (Å²) in [6.07, 6.45) is 0.546. The molecule has 0 unspecified atom stereocenters. The van der Waals surface area contributed by atoms with Crippen molar-refractivity contribution in [2.45, 2.75) is 32.9 Å². The normalized spacial score (nSPS) is 15.6. The Morgan fingerprint density at radius 2 is 1.88 bits per heavy atom. The standard InChI is InChI=1S/C20H22N2O3/c1-3-25-17-10-8-15(9-11-17)13-21-20(24)19-12-16-6-4-5-7-18(16)22(19)14(2)23/h4-11,19H,3,12-13H2,1-2H3,(H,21,24)/t19-/m0/s1. The SMILES string of the molecule is CCOc1ccc(CNC(=O)[C@@H]2Cc3ccccc3N2C(C)=O)cc1. The summed E-state index contributed by atoms with van der Waals surface area (Å²) in [6, 6.07) is 14.8. The van der Waals surface area contributed by atoms with Crippen molar-refractivity contribution in [1.29, 1.82) is 0 Å². The molecule has 0 fully saturated rings. The topological polar surface area (TPSA) is 58.6 Å². The zero-order valence-corrected chi connectivity index (χ0v) is 14.5. The first-order valence-corrected chi connectivity index (χ1v) is 8.47. The number of anilines is 1. The maximum Gasteiger partial charge on any atom is 0.243 e. The van der Waals surface area contributed by atoms with Gasteiger partial charge in [-0.05, 0) is 36.2 Å². The molecule has 1 aliphatic rings. The molecular weight excluding hydrogens is 316 g/mol. The van der Waals surface area contributed by atoms with Gasteiger partial charge in [-0.2, -0.15) is 0 Å². The van der Waals surface area contributed by atoms with E-state index in [1.807, 2.05) is 55.5 Å². The van der Waals surface area contributed by atoms with Crippen molar-refractivity contribution in [1.82, 2.24) is 5.32 Å². The highest BCUT2D eigenvalue weighted by Crippen LogP contribution is 2.32. The Bertz CT molecular complexity index is 771. The van der Waals surface area contributed by atoms with Crippen LogP contribution < -0.4 is 15.0 Å². The van der Waals surface area contributed by atoms with Crippen molar-refractivity contribution in [3.05, 3.63) is 59.7 Å². The molecule has 0 spiro atoms. The summed E-state index contributed by atoms with van der Waals surface area (Å²) in [6.45, 7) is 4.48. The maximum absolute atomic E-state index is 12.6. The lowest BCUT2D eigenvalue weighted by Crippen LogP contribution is -2.47. The van der Waals surface area contributed by atoms with E-state index < -0.39 is 6.04 Å². The summed E-state index contributed by atoms with van der Waals surface area (Å²) in [7, 11) is 0. The van der Waals surface area contributed by atoms with E-state index in [0.717, 1.165) is 22.6 Å². The molecule has 25 heavy (non-hydrogen) atoms. The van der Waals surface area contributed by atoms with Crippen LogP contribution in [-0.4, -0.2) is 24.5 Å². The molecule has 1 aliphatic heterocycles. The average Bonchev–Trinajstić information content (AvgIpc) is 3.01. The molecule has 1 N–H and O–H groups in total. The lowest BCUT2D eigenvalue weighted by Gasteiger charge is -2.23. The minimum Gasteiger partial charge on any atom is -0.494 e. The van der Waals surface area contributed by atoms with Gasteiger partial charge in [0, 0.05) is 25.6 Å². The number of carbonyl (C=O) groups excluding carboxylic acids is 2. The second-order valence-corrected chi connectivity index (χ2v) is 6.03. The molecule has 2 aromatic carbocycles. The molecule has 3 rings (SSSR count). The molecule has 0 bridgehead atoms. The Hall–Kier alpha value is -2.82. The van der Waals surface area contributed by atoms with Crippen LogP contribution in [0, 0.1) is 0 Å². The van der Waals surface area contributed by atoms with E-state index in [2.05, 4.69) is 5.32 Å². The van der Waals surface area contributed by atoms with Gasteiger partial charge in [-0.1, -0.05) is 30.3 Å². The Morgan fingerprint density at radius 3 is 2.56 bits per heavy atom. The molecule has 0 aliphatic carbocycles. The average molecular weight is 338 g/mol. The number of rotatable bonds is 5. The zero-order chi connectivity index (χ0) is 17.8. The summed E-state index contributed by atoms with van der Waals surface area (Å²) in [5, 5.41) is 2.94. The molecular formula is C20H22N2O3.